The Morgan fingerprint density at radius 1 is 0.882 bits per heavy atom. The first kappa shape index (κ1) is 10.6. The lowest BCUT2D eigenvalue weighted by molar-refractivity contribution is 0.143. The molecule has 0 N–H and O–H groups in total. The van der Waals surface area contributed by atoms with Crippen LogP contribution in [0.3, 0.4) is 0 Å². The minimum atomic E-state index is 0.223. The fraction of sp³-hybridized carbons (Fsp3) is 0.500. The fourth-order valence-electron chi connectivity index (χ4n) is 2.75. The van der Waals surface area contributed by atoms with Crippen LogP contribution < -0.4 is 0 Å². The Labute approximate surface area is 102 Å². The van der Waals surface area contributed by atoms with Crippen molar-refractivity contribution in [2.45, 2.75) is 32.4 Å². The lowest BCUT2D eigenvalue weighted by Crippen LogP contribution is -2.43. The summed E-state index contributed by atoms with van der Waals surface area (Å²) >= 11 is 0. The second kappa shape index (κ2) is 4.40. The van der Waals surface area contributed by atoms with Gasteiger partial charge in [0, 0.05) is 26.2 Å². The van der Waals surface area contributed by atoms with E-state index in [0.717, 1.165) is 39.0 Å². The third-order valence-electron chi connectivity index (χ3n) is 3.74. The molecule has 0 unspecified atom stereocenters. The number of amides is 2. The summed E-state index contributed by atoms with van der Waals surface area (Å²) in [7, 11) is 0. The molecule has 2 aliphatic heterocycles. The molecule has 3 heteroatoms. The summed E-state index contributed by atoms with van der Waals surface area (Å²) in [6.45, 7) is 3.44. The average Bonchev–Trinajstić information content (AvgIpc) is 2.82. The Kier molecular flexibility index (Phi) is 2.75. The highest BCUT2D eigenvalue weighted by atomic mass is 16.2. The third-order valence-corrected chi connectivity index (χ3v) is 3.74. The number of rotatable bonds is 0. The van der Waals surface area contributed by atoms with Crippen LogP contribution >= 0.6 is 0 Å². The van der Waals surface area contributed by atoms with Crippen molar-refractivity contribution in [2.24, 2.45) is 0 Å². The second-order valence-electron chi connectivity index (χ2n) is 4.96. The van der Waals surface area contributed by atoms with Crippen molar-refractivity contribution in [2.75, 3.05) is 13.1 Å². The van der Waals surface area contributed by atoms with Crippen LogP contribution in [-0.2, 0) is 13.1 Å². The Bertz CT molecular complexity index is 399. The van der Waals surface area contributed by atoms with E-state index in [9.17, 15) is 4.79 Å². The summed E-state index contributed by atoms with van der Waals surface area (Å²) in [6, 6.07) is 8.57. The molecule has 1 aromatic carbocycles. The van der Waals surface area contributed by atoms with E-state index in [1.807, 2.05) is 21.9 Å². The number of benzene rings is 1. The van der Waals surface area contributed by atoms with Gasteiger partial charge >= 0.3 is 6.03 Å². The van der Waals surface area contributed by atoms with E-state index in [4.69, 9.17) is 0 Å². The first-order chi connectivity index (χ1) is 8.34. The van der Waals surface area contributed by atoms with Crippen molar-refractivity contribution >= 4 is 6.03 Å². The number of piperidine rings is 1. The number of fused-ring (bicyclic) bond motifs is 1. The summed E-state index contributed by atoms with van der Waals surface area (Å²) in [5.74, 6) is 0. The Balaban J connectivity index is 1.69. The number of likely N-dealkylation sites (tertiary alicyclic amines) is 1. The maximum Gasteiger partial charge on any atom is 0.320 e. The van der Waals surface area contributed by atoms with E-state index in [1.54, 1.807) is 0 Å². The van der Waals surface area contributed by atoms with Crippen LogP contribution in [0.15, 0.2) is 24.3 Å². The fourth-order valence-corrected chi connectivity index (χ4v) is 2.75. The quantitative estimate of drug-likeness (QED) is 0.672. The number of hydrogen-bond donors (Lipinski definition) is 0. The number of carbonyl (C=O) groups is 1. The molecule has 0 spiro atoms. The Morgan fingerprint density at radius 2 is 1.47 bits per heavy atom. The number of urea groups is 1. The summed E-state index contributed by atoms with van der Waals surface area (Å²) in [4.78, 5) is 16.3. The normalized spacial score (nSPS) is 19.3. The van der Waals surface area contributed by atoms with Crippen LogP contribution in [0.5, 0.6) is 0 Å². The molecule has 1 fully saturated rings. The van der Waals surface area contributed by atoms with Crippen molar-refractivity contribution in [3.63, 3.8) is 0 Å². The predicted octanol–water partition coefficient (Wildman–Crippen LogP) is 2.61. The number of nitrogens with zero attached hydrogens (tertiary/aromatic N) is 2. The zero-order chi connectivity index (χ0) is 11.7. The van der Waals surface area contributed by atoms with E-state index in [1.165, 1.54) is 17.5 Å². The maximum atomic E-state index is 12.3. The molecule has 0 saturated carbocycles. The van der Waals surface area contributed by atoms with Gasteiger partial charge in [0.1, 0.15) is 0 Å². The number of hydrogen-bond acceptors (Lipinski definition) is 1. The summed E-state index contributed by atoms with van der Waals surface area (Å²) in [5.41, 5.74) is 2.61. The molecule has 1 aromatic rings. The van der Waals surface area contributed by atoms with Gasteiger partial charge in [0.05, 0.1) is 0 Å². The molecule has 2 amide bonds. The first-order valence-electron chi connectivity index (χ1n) is 6.45. The van der Waals surface area contributed by atoms with Gasteiger partial charge in [-0.25, -0.2) is 4.79 Å². The topological polar surface area (TPSA) is 23.6 Å². The Morgan fingerprint density at radius 3 is 2.06 bits per heavy atom. The van der Waals surface area contributed by atoms with Gasteiger partial charge in [0.2, 0.25) is 0 Å². The molecule has 1 saturated heterocycles. The van der Waals surface area contributed by atoms with Crippen LogP contribution in [-0.4, -0.2) is 28.9 Å². The summed E-state index contributed by atoms with van der Waals surface area (Å²) < 4.78 is 0. The van der Waals surface area contributed by atoms with Crippen molar-refractivity contribution in [3.05, 3.63) is 35.4 Å². The van der Waals surface area contributed by atoms with Gasteiger partial charge < -0.3 is 9.80 Å². The largest absolute Gasteiger partial charge is 0.325 e. The van der Waals surface area contributed by atoms with Crippen LogP contribution in [0.1, 0.15) is 30.4 Å². The molecule has 0 radical (unpaired) electrons. The van der Waals surface area contributed by atoms with Crippen LogP contribution in [0.25, 0.3) is 0 Å². The van der Waals surface area contributed by atoms with E-state index in [2.05, 4.69) is 12.1 Å². The highest BCUT2D eigenvalue weighted by molar-refractivity contribution is 5.75. The van der Waals surface area contributed by atoms with Crippen molar-refractivity contribution in [3.8, 4) is 0 Å². The lowest BCUT2D eigenvalue weighted by atomic mass is 10.1. The van der Waals surface area contributed by atoms with Gasteiger partial charge in [-0.1, -0.05) is 24.3 Å². The third kappa shape index (κ3) is 2.02. The van der Waals surface area contributed by atoms with E-state index < -0.39 is 0 Å². The molecule has 2 heterocycles. The molecule has 2 aliphatic rings. The highest BCUT2D eigenvalue weighted by Crippen LogP contribution is 2.24. The first-order valence-corrected chi connectivity index (χ1v) is 6.45. The molecular formula is C14H18N2O. The second-order valence-corrected chi connectivity index (χ2v) is 4.96. The molecule has 90 valence electrons. The molecule has 17 heavy (non-hydrogen) atoms. The van der Waals surface area contributed by atoms with Crippen LogP contribution in [0.2, 0.25) is 0 Å². The SMILES string of the molecule is O=C(N1CCCCC1)N1Cc2ccccc2C1. The summed E-state index contributed by atoms with van der Waals surface area (Å²) in [6.07, 6.45) is 3.59. The molecule has 3 nitrogen and oxygen atoms in total. The standard InChI is InChI=1S/C14H18N2O/c17-14(15-8-4-1-5-9-15)16-10-12-6-2-3-7-13(12)11-16/h2-3,6-7H,1,4-5,8-11H2. The molecular weight excluding hydrogens is 212 g/mol. The van der Waals surface area contributed by atoms with Gasteiger partial charge in [0.25, 0.3) is 0 Å². The summed E-state index contributed by atoms with van der Waals surface area (Å²) in [5, 5.41) is 0. The molecule has 0 aliphatic carbocycles. The van der Waals surface area contributed by atoms with Crippen molar-refractivity contribution in [1.82, 2.24) is 9.80 Å². The Hall–Kier alpha value is -1.51. The average molecular weight is 230 g/mol. The van der Waals surface area contributed by atoms with E-state index in [0.29, 0.717) is 0 Å². The maximum absolute atomic E-state index is 12.3. The smallest absolute Gasteiger partial charge is 0.320 e. The minimum Gasteiger partial charge on any atom is -0.325 e. The molecule has 0 bridgehead atoms. The molecule has 0 atom stereocenters. The van der Waals surface area contributed by atoms with Gasteiger partial charge in [-0.3, -0.25) is 0 Å². The van der Waals surface area contributed by atoms with E-state index in [-0.39, 0.29) is 6.03 Å². The zero-order valence-electron chi connectivity index (χ0n) is 10.1. The van der Waals surface area contributed by atoms with E-state index >= 15 is 0 Å². The van der Waals surface area contributed by atoms with Gasteiger partial charge in [0.15, 0.2) is 0 Å². The van der Waals surface area contributed by atoms with Gasteiger partial charge in [-0.15, -0.1) is 0 Å². The van der Waals surface area contributed by atoms with Gasteiger partial charge in [-0.05, 0) is 30.4 Å². The molecule has 0 aromatic heterocycles. The van der Waals surface area contributed by atoms with Crippen molar-refractivity contribution < 1.29 is 4.79 Å². The van der Waals surface area contributed by atoms with Crippen molar-refractivity contribution in [1.29, 1.82) is 0 Å². The minimum absolute atomic E-state index is 0.223. The van der Waals surface area contributed by atoms with Crippen LogP contribution in [0, 0.1) is 0 Å². The molecule has 3 rings (SSSR count). The monoisotopic (exact) mass is 230 g/mol. The highest BCUT2D eigenvalue weighted by Gasteiger charge is 2.27. The lowest BCUT2D eigenvalue weighted by Gasteiger charge is -2.30. The number of carbonyl (C=O) groups excluding carboxylic acids is 1. The van der Waals surface area contributed by atoms with Gasteiger partial charge in [-0.2, -0.15) is 0 Å². The zero-order valence-corrected chi connectivity index (χ0v) is 10.1. The predicted molar refractivity (Wildman–Crippen MR) is 66.5 cm³/mol. The van der Waals surface area contributed by atoms with Crippen LogP contribution in [0.4, 0.5) is 4.79 Å².